The molecule has 1 N–H and O–H groups in total. The molecule has 2 saturated heterocycles. The minimum Gasteiger partial charge on any atom is -0.379 e. The van der Waals surface area contributed by atoms with Gasteiger partial charge in [-0.25, -0.2) is 0 Å². The fourth-order valence-electron chi connectivity index (χ4n) is 3.37. The fourth-order valence-corrected chi connectivity index (χ4v) is 3.37. The smallest absolute Gasteiger partial charge is 0.225 e. The normalized spacial score (nSPS) is 22.8. The van der Waals surface area contributed by atoms with E-state index < -0.39 is 0 Å². The third kappa shape index (κ3) is 4.99. The molecular formula is C18H26N4O3. The van der Waals surface area contributed by atoms with E-state index in [4.69, 9.17) is 4.74 Å². The van der Waals surface area contributed by atoms with Crippen LogP contribution in [0.2, 0.25) is 0 Å². The highest BCUT2D eigenvalue weighted by Crippen LogP contribution is 2.20. The molecule has 0 spiro atoms. The summed E-state index contributed by atoms with van der Waals surface area (Å²) >= 11 is 0. The van der Waals surface area contributed by atoms with Crippen LogP contribution in [0.25, 0.3) is 0 Å². The molecule has 7 heteroatoms. The lowest BCUT2D eigenvalue weighted by atomic mass is 10.1. The van der Waals surface area contributed by atoms with Gasteiger partial charge in [0.25, 0.3) is 0 Å². The van der Waals surface area contributed by atoms with E-state index in [1.807, 2.05) is 25.1 Å². The molecule has 2 atom stereocenters. The van der Waals surface area contributed by atoms with Gasteiger partial charge >= 0.3 is 0 Å². The van der Waals surface area contributed by atoms with E-state index in [1.165, 1.54) is 0 Å². The Hall–Kier alpha value is -1.99. The van der Waals surface area contributed by atoms with Crippen molar-refractivity contribution in [1.82, 2.24) is 20.1 Å². The van der Waals surface area contributed by atoms with Gasteiger partial charge in [0.1, 0.15) is 0 Å². The number of hydrogen-bond donors (Lipinski definition) is 1. The average Bonchev–Trinajstić information content (AvgIpc) is 2.97. The van der Waals surface area contributed by atoms with Crippen LogP contribution in [-0.2, 0) is 20.9 Å². The number of nitrogens with one attached hydrogen (secondary N) is 1. The first-order valence-corrected chi connectivity index (χ1v) is 8.90. The van der Waals surface area contributed by atoms with Crippen LogP contribution >= 0.6 is 0 Å². The Bertz CT molecular complexity index is 589. The number of morpholine rings is 1. The van der Waals surface area contributed by atoms with Crippen molar-refractivity contribution in [3.8, 4) is 0 Å². The quantitative estimate of drug-likeness (QED) is 0.800. The first-order valence-electron chi connectivity index (χ1n) is 8.90. The van der Waals surface area contributed by atoms with Crippen molar-refractivity contribution in [3.05, 3.63) is 30.1 Å². The summed E-state index contributed by atoms with van der Waals surface area (Å²) in [7, 11) is 0. The highest BCUT2D eigenvalue weighted by Gasteiger charge is 2.34. The van der Waals surface area contributed by atoms with Crippen molar-refractivity contribution in [2.45, 2.75) is 25.9 Å². The number of carbonyl (C=O) groups is 2. The summed E-state index contributed by atoms with van der Waals surface area (Å²) in [6, 6.07) is 5.71. The predicted molar refractivity (Wildman–Crippen MR) is 92.6 cm³/mol. The number of likely N-dealkylation sites (tertiary alicyclic amines) is 1. The Morgan fingerprint density at radius 3 is 2.92 bits per heavy atom. The molecule has 1 aromatic heterocycles. The van der Waals surface area contributed by atoms with Crippen molar-refractivity contribution < 1.29 is 14.3 Å². The van der Waals surface area contributed by atoms with Crippen molar-refractivity contribution in [2.24, 2.45) is 5.92 Å². The standard InChI is InChI=1S/C18H26N4O3/c1-14(11-21-6-8-25-9-7-21)20-18(24)15-10-17(23)22(12-15)13-16-4-2-3-5-19-16/h2-5,14-15H,6-13H2,1H3,(H,20,24). The summed E-state index contributed by atoms with van der Waals surface area (Å²) in [5.41, 5.74) is 0.845. The molecule has 3 rings (SSSR count). The van der Waals surface area contributed by atoms with Crippen molar-refractivity contribution >= 4 is 11.8 Å². The minimum atomic E-state index is -0.275. The summed E-state index contributed by atoms with van der Waals surface area (Å²) in [5, 5.41) is 3.06. The van der Waals surface area contributed by atoms with Crippen LogP contribution < -0.4 is 5.32 Å². The number of pyridine rings is 1. The number of amides is 2. The van der Waals surface area contributed by atoms with Gasteiger partial charge < -0.3 is 15.0 Å². The lowest BCUT2D eigenvalue weighted by molar-refractivity contribution is -0.129. The van der Waals surface area contributed by atoms with E-state index in [2.05, 4.69) is 15.2 Å². The molecule has 2 amide bonds. The monoisotopic (exact) mass is 346 g/mol. The van der Waals surface area contributed by atoms with E-state index in [9.17, 15) is 9.59 Å². The largest absolute Gasteiger partial charge is 0.379 e. The minimum absolute atomic E-state index is 0.0200. The molecule has 2 fully saturated rings. The predicted octanol–water partition coefficient (Wildman–Crippen LogP) is 0.267. The molecule has 2 aliphatic heterocycles. The number of ether oxygens (including phenoxy) is 1. The Labute approximate surface area is 148 Å². The molecule has 7 nitrogen and oxygen atoms in total. The first kappa shape index (κ1) is 17.8. The van der Waals surface area contributed by atoms with Gasteiger partial charge in [-0.2, -0.15) is 0 Å². The molecule has 25 heavy (non-hydrogen) atoms. The van der Waals surface area contributed by atoms with E-state index in [-0.39, 0.29) is 30.2 Å². The summed E-state index contributed by atoms with van der Waals surface area (Å²) < 4.78 is 5.34. The summed E-state index contributed by atoms with van der Waals surface area (Å²) in [4.78, 5) is 32.9. The number of carbonyl (C=O) groups excluding carboxylic acids is 2. The topological polar surface area (TPSA) is 74.8 Å². The highest BCUT2D eigenvalue weighted by atomic mass is 16.5. The maximum absolute atomic E-state index is 12.5. The van der Waals surface area contributed by atoms with Crippen LogP contribution in [0.3, 0.4) is 0 Å². The van der Waals surface area contributed by atoms with Crippen LogP contribution in [0.4, 0.5) is 0 Å². The zero-order valence-corrected chi connectivity index (χ0v) is 14.7. The molecule has 136 valence electrons. The molecule has 0 radical (unpaired) electrons. The highest BCUT2D eigenvalue weighted by molar-refractivity contribution is 5.89. The van der Waals surface area contributed by atoms with Crippen molar-refractivity contribution in [3.63, 3.8) is 0 Å². The molecule has 0 bridgehead atoms. The lowest BCUT2D eigenvalue weighted by Crippen LogP contribution is -2.47. The maximum atomic E-state index is 12.5. The van der Waals surface area contributed by atoms with Crippen molar-refractivity contribution in [1.29, 1.82) is 0 Å². The second kappa shape index (κ2) is 8.40. The third-order valence-electron chi connectivity index (χ3n) is 4.69. The van der Waals surface area contributed by atoms with E-state index in [1.54, 1.807) is 11.1 Å². The molecule has 2 unspecified atom stereocenters. The molecule has 0 saturated carbocycles. The van der Waals surface area contributed by atoms with Gasteiger partial charge in [0, 0.05) is 44.8 Å². The Kier molecular flexibility index (Phi) is 5.99. The van der Waals surface area contributed by atoms with Gasteiger partial charge in [-0.15, -0.1) is 0 Å². The second-order valence-electron chi connectivity index (χ2n) is 6.82. The van der Waals surface area contributed by atoms with Crippen LogP contribution in [0, 0.1) is 5.92 Å². The number of nitrogens with zero attached hydrogens (tertiary/aromatic N) is 3. The third-order valence-corrected chi connectivity index (χ3v) is 4.69. The number of aromatic nitrogens is 1. The molecule has 1 aromatic rings. The van der Waals surface area contributed by atoms with E-state index in [0.29, 0.717) is 13.1 Å². The van der Waals surface area contributed by atoms with Crippen LogP contribution in [0.5, 0.6) is 0 Å². The van der Waals surface area contributed by atoms with Crippen molar-refractivity contribution in [2.75, 3.05) is 39.4 Å². The summed E-state index contributed by atoms with van der Waals surface area (Å²) in [5.74, 6) is -0.285. The van der Waals surface area contributed by atoms with Gasteiger partial charge in [0.05, 0.1) is 31.4 Å². The Morgan fingerprint density at radius 1 is 1.40 bits per heavy atom. The zero-order chi connectivity index (χ0) is 17.6. The summed E-state index contributed by atoms with van der Waals surface area (Å²) in [6.45, 7) is 7.06. The molecule has 2 aliphatic rings. The van der Waals surface area contributed by atoms with Gasteiger partial charge in [-0.1, -0.05) is 6.07 Å². The maximum Gasteiger partial charge on any atom is 0.225 e. The van der Waals surface area contributed by atoms with Gasteiger partial charge in [0.15, 0.2) is 0 Å². The number of hydrogen-bond acceptors (Lipinski definition) is 5. The molecular weight excluding hydrogens is 320 g/mol. The number of rotatable bonds is 6. The van der Waals surface area contributed by atoms with E-state index >= 15 is 0 Å². The second-order valence-corrected chi connectivity index (χ2v) is 6.82. The Morgan fingerprint density at radius 2 is 2.20 bits per heavy atom. The van der Waals surface area contributed by atoms with Crippen LogP contribution in [0.15, 0.2) is 24.4 Å². The summed E-state index contributed by atoms with van der Waals surface area (Å²) in [6.07, 6.45) is 2.00. The van der Waals surface area contributed by atoms with Gasteiger partial charge in [-0.05, 0) is 19.1 Å². The van der Waals surface area contributed by atoms with Gasteiger partial charge in [0.2, 0.25) is 11.8 Å². The zero-order valence-electron chi connectivity index (χ0n) is 14.7. The first-order chi connectivity index (χ1) is 12.1. The van der Waals surface area contributed by atoms with Crippen LogP contribution in [0.1, 0.15) is 19.0 Å². The fraction of sp³-hybridized carbons (Fsp3) is 0.611. The average molecular weight is 346 g/mol. The molecule has 0 aromatic carbocycles. The van der Waals surface area contributed by atoms with Gasteiger partial charge in [-0.3, -0.25) is 19.5 Å². The molecule has 0 aliphatic carbocycles. The van der Waals surface area contributed by atoms with Crippen LogP contribution in [-0.4, -0.2) is 72.0 Å². The SMILES string of the molecule is CC(CN1CCOCC1)NC(=O)C1CC(=O)N(Cc2ccccn2)C1. The van der Waals surface area contributed by atoms with E-state index in [0.717, 1.165) is 38.5 Å². The lowest BCUT2D eigenvalue weighted by Gasteiger charge is -2.29. The Balaban J connectivity index is 1.46. The molecule has 3 heterocycles.